The number of hydrogen-bond donors (Lipinski definition) is 0. The van der Waals surface area contributed by atoms with Crippen molar-refractivity contribution in [2.75, 3.05) is 25.2 Å². The summed E-state index contributed by atoms with van der Waals surface area (Å²) in [4.78, 5) is 26.7. The Morgan fingerprint density at radius 1 is 1.04 bits per heavy atom. The van der Waals surface area contributed by atoms with Crippen LogP contribution in [-0.2, 0) is 10.2 Å². The molecule has 0 saturated heterocycles. The zero-order valence-electron chi connectivity index (χ0n) is 12.5. The first-order chi connectivity index (χ1) is 11.1. The lowest BCUT2D eigenvalue weighted by Gasteiger charge is -2.21. The number of likely N-dealkylation sites (N-methyl/N-ethyl adjacent to an activating group) is 1. The third-order valence-corrected chi connectivity index (χ3v) is 5.04. The van der Waals surface area contributed by atoms with Crippen molar-refractivity contribution in [2.24, 2.45) is 0 Å². The molecule has 3 aliphatic heterocycles. The van der Waals surface area contributed by atoms with E-state index in [1.54, 1.807) is 24.1 Å². The fraction of sp³-hybridized carbons (Fsp3) is 0.222. The van der Waals surface area contributed by atoms with E-state index in [4.69, 9.17) is 9.47 Å². The van der Waals surface area contributed by atoms with Crippen LogP contribution < -0.4 is 14.4 Å². The Bertz CT molecular complexity index is 904. The Balaban J connectivity index is 1.81. The third kappa shape index (κ3) is 1.33. The number of anilines is 1. The lowest BCUT2D eigenvalue weighted by molar-refractivity contribution is -0.121. The maximum Gasteiger partial charge on any atom is 0.245 e. The van der Waals surface area contributed by atoms with Crippen LogP contribution in [0, 0.1) is 0 Å². The van der Waals surface area contributed by atoms with E-state index < -0.39 is 5.41 Å². The molecule has 5 heteroatoms. The first-order valence-corrected chi connectivity index (χ1v) is 7.48. The number of para-hydroxylation sites is 1. The summed E-state index contributed by atoms with van der Waals surface area (Å²) in [6.07, 6.45) is 0. The van der Waals surface area contributed by atoms with Gasteiger partial charge in [-0.3, -0.25) is 9.59 Å². The molecule has 3 aliphatic rings. The SMILES string of the molecule is CN1C(=O)C2(COc3cc4c(cc32)C(=O)CO4)c2ccccc21. The number of Topliss-reactive ketones (excluding diaryl/α,β-unsaturated/α-hetero) is 1. The average molecular weight is 307 g/mol. The van der Waals surface area contributed by atoms with E-state index in [1.807, 2.05) is 24.3 Å². The van der Waals surface area contributed by atoms with Crippen molar-refractivity contribution in [1.29, 1.82) is 0 Å². The van der Waals surface area contributed by atoms with Crippen molar-refractivity contribution in [3.05, 3.63) is 53.1 Å². The number of rotatable bonds is 0. The van der Waals surface area contributed by atoms with Gasteiger partial charge in [0.25, 0.3) is 0 Å². The van der Waals surface area contributed by atoms with Crippen molar-refractivity contribution in [1.82, 2.24) is 0 Å². The summed E-state index contributed by atoms with van der Waals surface area (Å²) in [5.74, 6) is 1.08. The number of benzene rings is 2. The van der Waals surface area contributed by atoms with Crippen molar-refractivity contribution in [3.63, 3.8) is 0 Å². The second-order valence-electron chi connectivity index (χ2n) is 6.13. The number of ether oxygens (including phenoxy) is 2. The van der Waals surface area contributed by atoms with Crippen LogP contribution >= 0.6 is 0 Å². The summed E-state index contributed by atoms with van der Waals surface area (Å²) < 4.78 is 11.2. The molecule has 2 aromatic carbocycles. The fourth-order valence-electron chi connectivity index (χ4n) is 3.87. The number of carbonyl (C=O) groups excluding carboxylic acids is 2. The van der Waals surface area contributed by atoms with Gasteiger partial charge < -0.3 is 14.4 Å². The Hall–Kier alpha value is -2.82. The van der Waals surface area contributed by atoms with Crippen molar-refractivity contribution in [2.45, 2.75) is 5.41 Å². The normalized spacial score (nSPS) is 23.6. The predicted molar refractivity (Wildman–Crippen MR) is 82.4 cm³/mol. The van der Waals surface area contributed by atoms with Crippen LogP contribution in [0.15, 0.2) is 36.4 Å². The summed E-state index contributed by atoms with van der Waals surface area (Å²) in [7, 11) is 1.77. The van der Waals surface area contributed by atoms with Crippen molar-refractivity contribution < 1.29 is 19.1 Å². The second-order valence-corrected chi connectivity index (χ2v) is 6.13. The predicted octanol–water partition coefficient (Wildman–Crippen LogP) is 1.92. The summed E-state index contributed by atoms with van der Waals surface area (Å²) in [6, 6.07) is 11.2. The topological polar surface area (TPSA) is 55.8 Å². The van der Waals surface area contributed by atoms with Gasteiger partial charge in [0, 0.05) is 24.4 Å². The van der Waals surface area contributed by atoms with Gasteiger partial charge in [0.05, 0.1) is 5.56 Å². The molecule has 5 nitrogen and oxygen atoms in total. The molecule has 1 amide bonds. The molecule has 2 aromatic rings. The summed E-state index contributed by atoms with van der Waals surface area (Å²) in [5.41, 5.74) is 2.25. The molecular formula is C18H13NO4. The lowest BCUT2D eigenvalue weighted by atomic mass is 9.76. The molecule has 0 aromatic heterocycles. The largest absolute Gasteiger partial charge is 0.491 e. The highest BCUT2D eigenvalue weighted by molar-refractivity contribution is 6.12. The lowest BCUT2D eigenvalue weighted by Crippen LogP contribution is -2.41. The van der Waals surface area contributed by atoms with Crippen LogP contribution in [0.2, 0.25) is 0 Å². The quantitative estimate of drug-likeness (QED) is 0.746. The first kappa shape index (κ1) is 12.7. The maximum absolute atomic E-state index is 13.1. The second kappa shape index (κ2) is 3.93. The molecule has 114 valence electrons. The number of carbonyl (C=O) groups is 2. The Morgan fingerprint density at radius 2 is 1.87 bits per heavy atom. The van der Waals surface area contributed by atoms with E-state index in [0.29, 0.717) is 17.1 Å². The standard InChI is InChI=1S/C18H13NO4/c1-19-13-5-3-2-4-11(13)18(17(19)21)9-23-16-7-15-10(6-12(16)18)14(20)8-22-15/h2-7H,8-9H2,1H3. The average Bonchev–Trinajstić information content (AvgIpc) is 3.19. The van der Waals surface area contributed by atoms with Gasteiger partial charge in [0.2, 0.25) is 11.7 Å². The van der Waals surface area contributed by atoms with Gasteiger partial charge in [-0.25, -0.2) is 0 Å². The minimum Gasteiger partial charge on any atom is -0.491 e. The van der Waals surface area contributed by atoms with Gasteiger partial charge >= 0.3 is 0 Å². The minimum absolute atomic E-state index is 0.0243. The van der Waals surface area contributed by atoms with Crippen LogP contribution in [0.5, 0.6) is 11.5 Å². The monoisotopic (exact) mass is 307 g/mol. The van der Waals surface area contributed by atoms with Gasteiger partial charge in [0.15, 0.2) is 6.61 Å². The number of hydrogen-bond acceptors (Lipinski definition) is 4. The number of amides is 1. The zero-order chi connectivity index (χ0) is 15.8. The molecule has 5 rings (SSSR count). The van der Waals surface area contributed by atoms with Crippen LogP contribution in [-0.4, -0.2) is 32.0 Å². The molecule has 0 radical (unpaired) electrons. The summed E-state index contributed by atoms with van der Waals surface area (Å²) in [5, 5.41) is 0. The van der Waals surface area contributed by atoms with E-state index in [0.717, 1.165) is 16.8 Å². The van der Waals surface area contributed by atoms with Crippen LogP contribution in [0.4, 0.5) is 5.69 Å². The van der Waals surface area contributed by atoms with Crippen LogP contribution in [0.3, 0.4) is 0 Å². The maximum atomic E-state index is 13.1. The summed E-state index contributed by atoms with van der Waals surface area (Å²) >= 11 is 0. The van der Waals surface area contributed by atoms with Crippen molar-refractivity contribution >= 4 is 17.4 Å². The van der Waals surface area contributed by atoms with Gasteiger partial charge in [-0.05, 0) is 17.7 Å². The van der Waals surface area contributed by atoms with E-state index in [-0.39, 0.29) is 24.9 Å². The number of fused-ring (bicyclic) bond motifs is 5. The van der Waals surface area contributed by atoms with Gasteiger partial charge in [-0.2, -0.15) is 0 Å². The molecule has 0 fully saturated rings. The molecule has 0 saturated carbocycles. The van der Waals surface area contributed by atoms with Gasteiger partial charge in [-0.15, -0.1) is 0 Å². The zero-order valence-corrected chi connectivity index (χ0v) is 12.5. The van der Waals surface area contributed by atoms with Crippen LogP contribution in [0.25, 0.3) is 0 Å². The highest BCUT2D eigenvalue weighted by Crippen LogP contribution is 2.53. The summed E-state index contributed by atoms with van der Waals surface area (Å²) in [6.45, 7) is 0.301. The molecular weight excluding hydrogens is 294 g/mol. The van der Waals surface area contributed by atoms with Gasteiger partial charge in [0.1, 0.15) is 23.5 Å². The Morgan fingerprint density at radius 3 is 2.74 bits per heavy atom. The van der Waals surface area contributed by atoms with E-state index in [9.17, 15) is 9.59 Å². The van der Waals surface area contributed by atoms with E-state index >= 15 is 0 Å². The fourth-order valence-corrected chi connectivity index (χ4v) is 3.87. The van der Waals surface area contributed by atoms with Gasteiger partial charge in [-0.1, -0.05) is 18.2 Å². The molecule has 0 aliphatic carbocycles. The molecule has 1 atom stereocenters. The Kier molecular flexibility index (Phi) is 2.17. The minimum atomic E-state index is -0.863. The van der Waals surface area contributed by atoms with E-state index in [2.05, 4.69) is 0 Å². The molecule has 3 heterocycles. The molecule has 0 bridgehead atoms. The number of nitrogens with zero attached hydrogens (tertiary/aromatic N) is 1. The van der Waals surface area contributed by atoms with E-state index in [1.165, 1.54) is 0 Å². The highest BCUT2D eigenvalue weighted by Gasteiger charge is 2.56. The molecule has 23 heavy (non-hydrogen) atoms. The smallest absolute Gasteiger partial charge is 0.245 e. The Labute approximate surface area is 132 Å². The van der Waals surface area contributed by atoms with Crippen molar-refractivity contribution in [3.8, 4) is 11.5 Å². The molecule has 0 N–H and O–H groups in total. The molecule has 1 unspecified atom stereocenters. The highest BCUT2D eigenvalue weighted by atomic mass is 16.5. The molecule has 1 spiro atoms. The number of ketones is 1. The van der Waals surface area contributed by atoms with Crippen LogP contribution in [0.1, 0.15) is 21.5 Å². The third-order valence-electron chi connectivity index (χ3n) is 5.04. The first-order valence-electron chi connectivity index (χ1n) is 7.48.